The monoisotopic (exact) mass is 463 g/mol. The van der Waals surface area contributed by atoms with E-state index in [1.807, 2.05) is 38.3 Å². The molecule has 31 heavy (non-hydrogen) atoms. The maximum Gasteiger partial charge on any atom is 0.419 e. The molecule has 0 spiro atoms. The summed E-state index contributed by atoms with van der Waals surface area (Å²) in [6.45, 7) is 3.82. The molecule has 0 fully saturated rings. The highest BCUT2D eigenvalue weighted by atomic mass is 32.2. The molecule has 0 aliphatic carbocycles. The van der Waals surface area contributed by atoms with Gasteiger partial charge in [0, 0.05) is 23.7 Å². The molecule has 0 radical (unpaired) electrons. The number of hydrogen-bond donors (Lipinski definition) is 2. The molecule has 2 aromatic carbocycles. The van der Waals surface area contributed by atoms with Gasteiger partial charge in [-0.15, -0.1) is 11.8 Å². The zero-order chi connectivity index (χ0) is 22.8. The minimum absolute atomic E-state index is 0.0746. The van der Waals surface area contributed by atoms with Gasteiger partial charge in [0.15, 0.2) is 5.58 Å². The van der Waals surface area contributed by atoms with E-state index < -0.39 is 27.7 Å². The normalized spacial score (nSPS) is 12.9. The Hall–Kier alpha value is -2.56. The number of sulfonamides is 1. The molecule has 3 rings (SSSR count). The van der Waals surface area contributed by atoms with Crippen molar-refractivity contribution >= 4 is 44.5 Å². The summed E-state index contributed by atoms with van der Waals surface area (Å²) in [5, 5.41) is 2.79. The SMILES string of the molecule is CSc1cccc(NC(=O)[C@@H](CC(C)C)NS(=O)(=O)c2ccc3c(c2)oc(=O)n3C)c1. The van der Waals surface area contributed by atoms with Crippen molar-refractivity contribution in [1.82, 2.24) is 9.29 Å². The maximum atomic E-state index is 13.0. The summed E-state index contributed by atoms with van der Waals surface area (Å²) in [5.41, 5.74) is 1.24. The zero-order valence-corrected chi connectivity index (χ0v) is 19.3. The van der Waals surface area contributed by atoms with Crippen LogP contribution in [0.25, 0.3) is 11.1 Å². The number of nitrogens with zero attached hydrogens (tertiary/aromatic N) is 1. The van der Waals surface area contributed by atoms with Crippen molar-refractivity contribution in [2.24, 2.45) is 13.0 Å². The van der Waals surface area contributed by atoms with Gasteiger partial charge in [0.05, 0.1) is 10.4 Å². The van der Waals surface area contributed by atoms with Crippen molar-refractivity contribution in [3.05, 3.63) is 53.0 Å². The van der Waals surface area contributed by atoms with Crippen LogP contribution in [0.2, 0.25) is 0 Å². The molecule has 10 heteroatoms. The van der Waals surface area contributed by atoms with Crippen LogP contribution in [-0.2, 0) is 21.9 Å². The van der Waals surface area contributed by atoms with Gasteiger partial charge < -0.3 is 9.73 Å². The lowest BCUT2D eigenvalue weighted by Crippen LogP contribution is -2.44. The van der Waals surface area contributed by atoms with Crippen molar-refractivity contribution in [3.63, 3.8) is 0 Å². The average molecular weight is 464 g/mol. The molecule has 1 amide bonds. The third kappa shape index (κ3) is 5.38. The van der Waals surface area contributed by atoms with Crippen LogP contribution in [0.1, 0.15) is 20.3 Å². The molecule has 0 bridgehead atoms. The largest absolute Gasteiger partial charge is 0.419 e. The summed E-state index contributed by atoms with van der Waals surface area (Å²) in [6, 6.07) is 10.5. The number of anilines is 1. The predicted molar refractivity (Wildman–Crippen MR) is 122 cm³/mol. The molecule has 8 nitrogen and oxygen atoms in total. The summed E-state index contributed by atoms with van der Waals surface area (Å²) >= 11 is 1.54. The van der Waals surface area contributed by atoms with E-state index in [0.29, 0.717) is 17.6 Å². The Kier molecular flexibility index (Phi) is 6.93. The fraction of sp³-hybridized carbons (Fsp3) is 0.333. The van der Waals surface area contributed by atoms with E-state index in [0.717, 1.165) is 4.90 Å². The summed E-state index contributed by atoms with van der Waals surface area (Å²) in [4.78, 5) is 25.5. The Labute approximate surface area is 185 Å². The number of oxazole rings is 1. The average Bonchev–Trinajstić information content (AvgIpc) is 3.00. The van der Waals surface area contributed by atoms with Crippen LogP contribution < -0.4 is 15.8 Å². The minimum atomic E-state index is -4.04. The number of aromatic nitrogens is 1. The maximum absolute atomic E-state index is 13.0. The van der Waals surface area contributed by atoms with Crippen molar-refractivity contribution in [1.29, 1.82) is 0 Å². The second-order valence-corrected chi connectivity index (χ2v) is 10.2. The topological polar surface area (TPSA) is 110 Å². The van der Waals surface area contributed by atoms with Crippen LogP contribution in [0.5, 0.6) is 0 Å². The first kappa shape index (κ1) is 23.1. The van der Waals surface area contributed by atoms with Gasteiger partial charge in [-0.3, -0.25) is 9.36 Å². The van der Waals surface area contributed by atoms with Crippen molar-refractivity contribution < 1.29 is 17.6 Å². The number of amides is 1. The van der Waals surface area contributed by atoms with E-state index >= 15 is 0 Å². The fourth-order valence-corrected chi connectivity index (χ4v) is 4.83. The second-order valence-electron chi connectivity index (χ2n) is 7.58. The number of thioether (sulfide) groups is 1. The molecule has 3 aromatic rings. The molecule has 0 saturated carbocycles. The summed E-state index contributed by atoms with van der Waals surface area (Å²) in [6.07, 6.45) is 2.25. The predicted octanol–water partition coefficient (Wildman–Crippen LogP) is 3.19. The number of carbonyl (C=O) groups excluding carboxylic acids is 1. The summed E-state index contributed by atoms with van der Waals surface area (Å²) in [7, 11) is -2.50. The minimum Gasteiger partial charge on any atom is -0.408 e. The number of fused-ring (bicyclic) bond motifs is 1. The highest BCUT2D eigenvalue weighted by Gasteiger charge is 2.27. The van der Waals surface area contributed by atoms with Crippen LogP contribution >= 0.6 is 11.8 Å². The van der Waals surface area contributed by atoms with Gasteiger partial charge >= 0.3 is 5.76 Å². The van der Waals surface area contributed by atoms with Crippen LogP contribution in [0.4, 0.5) is 5.69 Å². The van der Waals surface area contributed by atoms with Gasteiger partial charge in [0.2, 0.25) is 15.9 Å². The smallest absolute Gasteiger partial charge is 0.408 e. The van der Waals surface area contributed by atoms with Gasteiger partial charge in [-0.05, 0) is 48.9 Å². The lowest BCUT2D eigenvalue weighted by molar-refractivity contribution is -0.118. The Morgan fingerprint density at radius 1 is 1.19 bits per heavy atom. The molecule has 1 heterocycles. The van der Waals surface area contributed by atoms with Gasteiger partial charge in [-0.1, -0.05) is 19.9 Å². The second kappa shape index (κ2) is 9.29. The van der Waals surface area contributed by atoms with E-state index in [9.17, 15) is 18.0 Å². The Morgan fingerprint density at radius 2 is 1.94 bits per heavy atom. The lowest BCUT2D eigenvalue weighted by atomic mass is 10.0. The number of hydrogen-bond acceptors (Lipinski definition) is 6. The highest BCUT2D eigenvalue weighted by molar-refractivity contribution is 7.98. The third-order valence-corrected chi connectivity index (χ3v) is 6.93. The number of nitrogens with one attached hydrogen (secondary N) is 2. The molecular weight excluding hydrogens is 438 g/mol. The number of benzene rings is 2. The van der Waals surface area contributed by atoms with Crippen molar-refractivity contribution in [2.45, 2.75) is 36.1 Å². The Morgan fingerprint density at radius 3 is 2.61 bits per heavy atom. The van der Waals surface area contributed by atoms with Crippen LogP contribution in [0, 0.1) is 5.92 Å². The van der Waals surface area contributed by atoms with Gasteiger partial charge in [-0.25, -0.2) is 13.2 Å². The van der Waals surface area contributed by atoms with Gasteiger partial charge in [0.1, 0.15) is 6.04 Å². The van der Waals surface area contributed by atoms with Crippen LogP contribution in [0.3, 0.4) is 0 Å². The third-order valence-electron chi connectivity index (χ3n) is 4.73. The molecule has 2 N–H and O–H groups in total. The lowest BCUT2D eigenvalue weighted by Gasteiger charge is -2.20. The summed E-state index contributed by atoms with van der Waals surface area (Å²) in [5.74, 6) is -0.949. The number of rotatable bonds is 8. The van der Waals surface area contributed by atoms with E-state index in [2.05, 4.69) is 10.0 Å². The standard InChI is InChI=1S/C21H25N3O5S2/c1-13(2)10-17(20(25)22-14-6-5-7-15(11-14)30-4)23-31(27,28)16-8-9-18-19(12-16)29-21(26)24(18)3/h5-9,11-13,17,23H,10H2,1-4H3,(H,22,25)/t17-/m1/s1. The van der Waals surface area contributed by atoms with E-state index in [1.54, 1.807) is 17.8 Å². The van der Waals surface area contributed by atoms with Crippen molar-refractivity contribution in [3.8, 4) is 0 Å². The molecule has 0 saturated heterocycles. The first-order chi connectivity index (χ1) is 14.6. The first-order valence-corrected chi connectivity index (χ1v) is 12.4. The van der Waals surface area contributed by atoms with Crippen LogP contribution in [-0.4, -0.2) is 31.2 Å². The number of carbonyl (C=O) groups is 1. The molecular formula is C21H25N3O5S2. The Bertz CT molecular complexity index is 1260. The first-order valence-electron chi connectivity index (χ1n) is 9.67. The van der Waals surface area contributed by atoms with E-state index in [-0.39, 0.29) is 16.4 Å². The van der Waals surface area contributed by atoms with E-state index in [1.165, 1.54) is 29.8 Å². The van der Waals surface area contributed by atoms with Crippen LogP contribution in [0.15, 0.2) is 61.5 Å². The fourth-order valence-electron chi connectivity index (χ4n) is 3.15. The zero-order valence-electron chi connectivity index (χ0n) is 17.7. The quantitative estimate of drug-likeness (QED) is 0.497. The molecule has 0 aliphatic heterocycles. The molecule has 166 valence electrons. The molecule has 1 atom stereocenters. The Balaban J connectivity index is 1.86. The summed E-state index contributed by atoms with van der Waals surface area (Å²) < 4.78 is 34.9. The van der Waals surface area contributed by atoms with E-state index in [4.69, 9.17) is 4.42 Å². The van der Waals surface area contributed by atoms with Gasteiger partial charge in [-0.2, -0.15) is 4.72 Å². The number of aryl methyl sites for hydroxylation is 1. The highest BCUT2D eigenvalue weighted by Crippen LogP contribution is 2.21. The molecule has 0 aliphatic rings. The van der Waals surface area contributed by atoms with Crippen molar-refractivity contribution in [2.75, 3.05) is 11.6 Å². The molecule has 0 unspecified atom stereocenters. The van der Waals surface area contributed by atoms with Gasteiger partial charge in [0.25, 0.3) is 0 Å². The molecule has 1 aromatic heterocycles.